The van der Waals surface area contributed by atoms with Gasteiger partial charge in [0.1, 0.15) is 5.75 Å². The lowest BCUT2D eigenvalue weighted by Gasteiger charge is -2.27. The van der Waals surface area contributed by atoms with Gasteiger partial charge in [-0.3, -0.25) is 4.99 Å². The molecule has 0 aromatic heterocycles. The third-order valence-corrected chi connectivity index (χ3v) is 4.46. The van der Waals surface area contributed by atoms with Crippen molar-refractivity contribution < 1.29 is 4.74 Å². The molecule has 0 saturated carbocycles. The number of halogens is 1. The molecule has 1 fully saturated rings. The van der Waals surface area contributed by atoms with E-state index in [2.05, 4.69) is 35.9 Å². The molecule has 130 valence electrons. The van der Waals surface area contributed by atoms with E-state index in [1.165, 1.54) is 5.56 Å². The smallest absolute Gasteiger partial charge is 0.191 e. The summed E-state index contributed by atoms with van der Waals surface area (Å²) >= 11 is 1.98. The van der Waals surface area contributed by atoms with Crippen LogP contribution in [0.1, 0.15) is 19.4 Å². The SMILES string of the molecule is CC(C)COc1ccc(CCN=C(N)N2CCSCC2)cc1.I. The van der Waals surface area contributed by atoms with Crippen molar-refractivity contribution in [2.24, 2.45) is 16.6 Å². The molecule has 2 rings (SSSR count). The van der Waals surface area contributed by atoms with E-state index in [4.69, 9.17) is 10.5 Å². The van der Waals surface area contributed by atoms with E-state index in [-0.39, 0.29) is 24.0 Å². The second-order valence-electron chi connectivity index (χ2n) is 5.94. The van der Waals surface area contributed by atoms with E-state index in [0.717, 1.165) is 49.9 Å². The van der Waals surface area contributed by atoms with Crippen LogP contribution in [-0.4, -0.2) is 48.6 Å². The minimum atomic E-state index is 0. The highest BCUT2D eigenvalue weighted by Crippen LogP contribution is 2.14. The Labute approximate surface area is 161 Å². The first-order valence-corrected chi connectivity index (χ1v) is 9.15. The molecule has 4 nitrogen and oxygen atoms in total. The van der Waals surface area contributed by atoms with Gasteiger partial charge in [-0.25, -0.2) is 0 Å². The van der Waals surface area contributed by atoms with Crippen LogP contribution in [0.3, 0.4) is 0 Å². The molecule has 1 aliphatic rings. The number of guanidine groups is 1. The number of rotatable bonds is 6. The van der Waals surface area contributed by atoms with Crippen LogP contribution in [0.25, 0.3) is 0 Å². The first-order chi connectivity index (χ1) is 10.6. The second kappa shape index (κ2) is 11.0. The predicted octanol–water partition coefficient (Wildman–Crippen LogP) is 3.25. The van der Waals surface area contributed by atoms with E-state index >= 15 is 0 Å². The van der Waals surface area contributed by atoms with Crippen molar-refractivity contribution in [2.45, 2.75) is 20.3 Å². The second-order valence-corrected chi connectivity index (χ2v) is 7.16. The zero-order valence-corrected chi connectivity index (χ0v) is 17.2. The zero-order chi connectivity index (χ0) is 15.8. The van der Waals surface area contributed by atoms with Gasteiger partial charge in [0.2, 0.25) is 0 Å². The van der Waals surface area contributed by atoms with Crippen LogP contribution in [0.15, 0.2) is 29.3 Å². The standard InChI is InChI=1S/C17H27N3OS.HI/c1-14(2)13-21-16-5-3-15(4-6-16)7-8-19-17(18)20-9-11-22-12-10-20;/h3-6,14H,7-13H2,1-2H3,(H2,18,19);1H. The normalized spacial score (nSPS) is 15.4. The summed E-state index contributed by atoms with van der Waals surface area (Å²) in [6.07, 6.45) is 0.910. The van der Waals surface area contributed by atoms with Gasteiger partial charge in [-0.2, -0.15) is 11.8 Å². The highest BCUT2D eigenvalue weighted by molar-refractivity contribution is 14.0. The molecule has 1 aromatic rings. The van der Waals surface area contributed by atoms with Gasteiger partial charge in [0.25, 0.3) is 0 Å². The first kappa shape index (κ1) is 20.4. The molecule has 0 aliphatic carbocycles. The van der Waals surface area contributed by atoms with Crippen LogP contribution in [-0.2, 0) is 6.42 Å². The number of hydrogen-bond donors (Lipinski definition) is 1. The van der Waals surface area contributed by atoms with Crippen LogP contribution in [0.4, 0.5) is 0 Å². The number of benzene rings is 1. The predicted molar refractivity (Wildman–Crippen MR) is 111 cm³/mol. The summed E-state index contributed by atoms with van der Waals surface area (Å²) in [5.74, 6) is 4.47. The Balaban J connectivity index is 0.00000264. The Hall–Kier alpha value is -0.630. The maximum Gasteiger partial charge on any atom is 0.191 e. The molecule has 6 heteroatoms. The van der Waals surface area contributed by atoms with E-state index < -0.39 is 0 Å². The topological polar surface area (TPSA) is 50.9 Å². The maximum absolute atomic E-state index is 6.05. The number of nitrogens with two attached hydrogens (primary N) is 1. The minimum Gasteiger partial charge on any atom is -0.493 e. The number of hydrogen-bond acceptors (Lipinski definition) is 3. The van der Waals surface area contributed by atoms with Crippen molar-refractivity contribution in [1.29, 1.82) is 0 Å². The Kier molecular flexibility index (Phi) is 9.78. The molecule has 1 aliphatic heterocycles. The molecule has 0 bridgehead atoms. The number of nitrogens with zero attached hydrogens (tertiary/aromatic N) is 2. The summed E-state index contributed by atoms with van der Waals surface area (Å²) in [5, 5.41) is 0. The highest BCUT2D eigenvalue weighted by Gasteiger charge is 2.11. The fourth-order valence-electron chi connectivity index (χ4n) is 2.21. The van der Waals surface area contributed by atoms with Crippen molar-refractivity contribution >= 4 is 41.7 Å². The fraction of sp³-hybridized carbons (Fsp3) is 0.588. The molecule has 0 amide bonds. The lowest BCUT2D eigenvalue weighted by atomic mass is 10.1. The summed E-state index contributed by atoms with van der Waals surface area (Å²) in [6, 6.07) is 8.29. The first-order valence-electron chi connectivity index (χ1n) is 7.99. The van der Waals surface area contributed by atoms with E-state index in [1.807, 2.05) is 23.9 Å². The average Bonchev–Trinajstić information content (AvgIpc) is 2.55. The summed E-state index contributed by atoms with van der Waals surface area (Å²) in [6.45, 7) is 7.83. The maximum atomic E-state index is 6.05. The molecule has 0 unspecified atom stereocenters. The van der Waals surface area contributed by atoms with Crippen molar-refractivity contribution in [2.75, 3.05) is 37.7 Å². The van der Waals surface area contributed by atoms with Crippen LogP contribution >= 0.6 is 35.7 Å². The van der Waals surface area contributed by atoms with Crippen molar-refractivity contribution in [3.63, 3.8) is 0 Å². The average molecular weight is 449 g/mol. The molecule has 1 heterocycles. The van der Waals surface area contributed by atoms with Crippen molar-refractivity contribution in [3.05, 3.63) is 29.8 Å². The molecular weight excluding hydrogens is 421 g/mol. The number of thioether (sulfide) groups is 1. The number of aliphatic imine (C=N–C) groups is 1. The van der Waals surface area contributed by atoms with E-state index in [9.17, 15) is 0 Å². The third kappa shape index (κ3) is 7.65. The Morgan fingerprint density at radius 2 is 1.91 bits per heavy atom. The van der Waals surface area contributed by atoms with Gasteiger partial charge >= 0.3 is 0 Å². The van der Waals surface area contributed by atoms with E-state index in [1.54, 1.807) is 0 Å². The largest absolute Gasteiger partial charge is 0.493 e. The van der Waals surface area contributed by atoms with Gasteiger partial charge in [0.05, 0.1) is 6.61 Å². The van der Waals surface area contributed by atoms with Crippen molar-refractivity contribution in [3.8, 4) is 5.75 Å². The lowest BCUT2D eigenvalue weighted by molar-refractivity contribution is 0.271. The molecule has 0 radical (unpaired) electrons. The molecular formula is C17H28IN3OS. The summed E-state index contributed by atoms with van der Waals surface area (Å²) < 4.78 is 5.69. The van der Waals surface area contributed by atoms with Gasteiger partial charge < -0.3 is 15.4 Å². The highest BCUT2D eigenvalue weighted by atomic mass is 127. The Morgan fingerprint density at radius 1 is 1.26 bits per heavy atom. The van der Waals surface area contributed by atoms with Crippen LogP contribution in [0.5, 0.6) is 5.75 Å². The number of ether oxygens (including phenoxy) is 1. The van der Waals surface area contributed by atoms with Gasteiger partial charge in [-0.15, -0.1) is 24.0 Å². The van der Waals surface area contributed by atoms with Gasteiger partial charge in [-0.1, -0.05) is 26.0 Å². The molecule has 23 heavy (non-hydrogen) atoms. The lowest BCUT2D eigenvalue weighted by Crippen LogP contribution is -2.42. The van der Waals surface area contributed by atoms with Crippen LogP contribution < -0.4 is 10.5 Å². The monoisotopic (exact) mass is 449 g/mol. The zero-order valence-electron chi connectivity index (χ0n) is 14.0. The van der Waals surface area contributed by atoms with E-state index in [0.29, 0.717) is 11.9 Å². The van der Waals surface area contributed by atoms with Gasteiger partial charge in [0, 0.05) is 31.1 Å². The molecule has 2 N–H and O–H groups in total. The molecule has 1 aromatic carbocycles. The molecule has 0 spiro atoms. The third-order valence-electron chi connectivity index (χ3n) is 3.52. The summed E-state index contributed by atoms with van der Waals surface area (Å²) in [7, 11) is 0. The van der Waals surface area contributed by atoms with Crippen LogP contribution in [0.2, 0.25) is 0 Å². The van der Waals surface area contributed by atoms with Gasteiger partial charge in [-0.05, 0) is 30.0 Å². The fourth-order valence-corrected chi connectivity index (χ4v) is 3.11. The summed E-state index contributed by atoms with van der Waals surface area (Å²) in [5.41, 5.74) is 7.32. The van der Waals surface area contributed by atoms with Crippen LogP contribution in [0, 0.1) is 5.92 Å². The summed E-state index contributed by atoms with van der Waals surface area (Å²) in [4.78, 5) is 6.68. The Morgan fingerprint density at radius 3 is 2.52 bits per heavy atom. The molecule has 0 atom stereocenters. The molecule has 1 saturated heterocycles. The Bertz CT molecular complexity index is 473. The minimum absolute atomic E-state index is 0. The quantitative estimate of drug-likeness (QED) is 0.412. The van der Waals surface area contributed by atoms with Crippen molar-refractivity contribution in [1.82, 2.24) is 4.90 Å². The van der Waals surface area contributed by atoms with Gasteiger partial charge in [0.15, 0.2) is 5.96 Å².